The first-order valence-corrected chi connectivity index (χ1v) is 6.36. The molecule has 1 saturated carbocycles. The largest absolute Gasteiger partial charge is 0.382 e. The van der Waals surface area contributed by atoms with Gasteiger partial charge in [0.1, 0.15) is 0 Å². The van der Waals surface area contributed by atoms with Crippen LogP contribution in [0.1, 0.15) is 43.2 Å². The summed E-state index contributed by atoms with van der Waals surface area (Å²) in [6.45, 7) is 2.74. The van der Waals surface area contributed by atoms with E-state index >= 15 is 0 Å². The van der Waals surface area contributed by atoms with Gasteiger partial charge in [0.2, 0.25) is 0 Å². The molecule has 1 aromatic carbocycles. The number of rotatable bonds is 3. The zero-order chi connectivity index (χ0) is 11.4. The van der Waals surface area contributed by atoms with Gasteiger partial charge in [-0.3, -0.25) is 0 Å². The highest BCUT2D eigenvalue weighted by Gasteiger charge is 2.13. The summed E-state index contributed by atoms with van der Waals surface area (Å²) in [4.78, 5) is 0. The molecule has 2 heteroatoms. The van der Waals surface area contributed by atoms with Crippen molar-refractivity contribution in [1.29, 1.82) is 0 Å². The number of hydrogen-bond acceptors (Lipinski definition) is 2. The number of nitrogens with two attached hydrogens (primary N) is 1. The molecular formula is C14H22N2. The zero-order valence-electron chi connectivity index (χ0n) is 10.1. The number of nitrogens with one attached hydrogen (secondary N) is 1. The van der Waals surface area contributed by atoms with E-state index in [9.17, 15) is 0 Å². The number of hydrogen-bond donors (Lipinski definition) is 2. The standard InChI is InChI=1S/C14H22N2/c1-11-7-8-14(12(9-11)10-15)16-13-5-3-2-4-6-13/h7-9,13,16H,2-6,10,15H2,1H3. The van der Waals surface area contributed by atoms with Crippen molar-refractivity contribution in [3.63, 3.8) is 0 Å². The minimum absolute atomic E-state index is 0.622. The van der Waals surface area contributed by atoms with Crippen molar-refractivity contribution in [2.24, 2.45) is 5.73 Å². The highest BCUT2D eigenvalue weighted by Crippen LogP contribution is 2.24. The first-order chi connectivity index (χ1) is 7.79. The molecule has 1 aliphatic rings. The minimum atomic E-state index is 0.622. The van der Waals surface area contributed by atoms with Gasteiger partial charge >= 0.3 is 0 Å². The van der Waals surface area contributed by atoms with Crippen molar-refractivity contribution in [2.75, 3.05) is 5.32 Å². The molecule has 88 valence electrons. The van der Waals surface area contributed by atoms with Gasteiger partial charge in [0.25, 0.3) is 0 Å². The maximum atomic E-state index is 5.78. The first kappa shape index (κ1) is 11.5. The van der Waals surface area contributed by atoms with Crippen LogP contribution in [-0.4, -0.2) is 6.04 Å². The molecule has 1 aliphatic carbocycles. The SMILES string of the molecule is Cc1ccc(NC2CCCCC2)c(CN)c1. The average molecular weight is 218 g/mol. The molecule has 0 atom stereocenters. The third-order valence-corrected chi connectivity index (χ3v) is 3.45. The second-order valence-corrected chi connectivity index (χ2v) is 4.84. The first-order valence-electron chi connectivity index (χ1n) is 6.36. The molecule has 0 amide bonds. The Bertz CT molecular complexity index is 341. The molecule has 16 heavy (non-hydrogen) atoms. The smallest absolute Gasteiger partial charge is 0.0388 e. The Labute approximate surface area is 98.2 Å². The Kier molecular flexibility index (Phi) is 3.83. The fourth-order valence-electron chi connectivity index (χ4n) is 2.50. The molecular weight excluding hydrogens is 196 g/mol. The second kappa shape index (κ2) is 5.35. The number of benzene rings is 1. The third-order valence-electron chi connectivity index (χ3n) is 3.45. The fourth-order valence-corrected chi connectivity index (χ4v) is 2.50. The lowest BCUT2D eigenvalue weighted by Crippen LogP contribution is -2.23. The maximum Gasteiger partial charge on any atom is 0.0388 e. The Morgan fingerprint density at radius 3 is 2.69 bits per heavy atom. The molecule has 2 rings (SSSR count). The van der Waals surface area contributed by atoms with Crippen LogP contribution in [0, 0.1) is 6.92 Å². The van der Waals surface area contributed by atoms with Crippen LogP contribution < -0.4 is 11.1 Å². The van der Waals surface area contributed by atoms with Gasteiger partial charge < -0.3 is 11.1 Å². The van der Waals surface area contributed by atoms with Crippen LogP contribution in [0.15, 0.2) is 18.2 Å². The van der Waals surface area contributed by atoms with Gasteiger partial charge in [-0.05, 0) is 31.4 Å². The van der Waals surface area contributed by atoms with Crippen LogP contribution in [0.4, 0.5) is 5.69 Å². The predicted octanol–water partition coefficient (Wildman–Crippen LogP) is 3.20. The summed E-state index contributed by atoms with van der Waals surface area (Å²) >= 11 is 0. The van der Waals surface area contributed by atoms with Crippen molar-refractivity contribution in [2.45, 2.75) is 51.6 Å². The van der Waals surface area contributed by atoms with Crippen LogP contribution in [0.2, 0.25) is 0 Å². The molecule has 0 heterocycles. The Balaban J connectivity index is 2.07. The molecule has 0 unspecified atom stereocenters. The van der Waals surface area contributed by atoms with Gasteiger partial charge in [0.15, 0.2) is 0 Å². The van der Waals surface area contributed by atoms with E-state index in [4.69, 9.17) is 5.73 Å². The van der Waals surface area contributed by atoms with Crippen LogP contribution in [-0.2, 0) is 6.54 Å². The number of anilines is 1. The Hall–Kier alpha value is -1.02. The summed E-state index contributed by atoms with van der Waals surface area (Å²) in [6, 6.07) is 7.17. The van der Waals surface area contributed by atoms with Gasteiger partial charge in [-0.25, -0.2) is 0 Å². The van der Waals surface area contributed by atoms with Crippen molar-refractivity contribution in [3.8, 4) is 0 Å². The van der Waals surface area contributed by atoms with Gasteiger partial charge in [0, 0.05) is 18.3 Å². The lowest BCUT2D eigenvalue weighted by molar-refractivity contribution is 0.462. The van der Waals surface area contributed by atoms with E-state index in [1.165, 1.54) is 48.9 Å². The van der Waals surface area contributed by atoms with E-state index in [1.54, 1.807) is 0 Å². The highest BCUT2D eigenvalue weighted by molar-refractivity contribution is 5.53. The second-order valence-electron chi connectivity index (χ2n) is 4.84. The van der Waals surface area contributed by atoms with Gasteiger partial charge in [-0.1, -0.05) is 37.0 Å². The van der Waals surface area contributed by atoms with E-state index in [2.05, 4.69) is 30.4 Å². The topological polar surface area (TPSA) is 38.0 Å². The van der Waals surface area contributed by atoms with E-state index in [0.717, 1.165) is 0 Å². The molecule has 2 nitrogen and oxygen atoms in total. The summed E-state index contributed by atoms with van der Waals surface area (Å²) < 4.78 is 0. The molecule has 0 radical (unpaired) electrons. The van der Waals surface area contributed by atoms with Crippen LogP contribution in [0.5, 0.6) is 0 Å². The monoisotopic (exact) mass is 218 g/mol. The van der Waals surface area contributed by atoms with Gasteiger partial charge in [-0.15, -0.1) is 0 Å². The summed E-state index contributed by atoms with van der Waals surface area (Å²) in [7, 11) is 0. The molecule has 0 aliphatic heterocycles. The average Bonchev–Trinajstić information content (AvgIpc) is 2.33. The summed E-state index contributed by atoms with van der Waals surface area (Å²) in [5.41, 5.74) is 9.55. The fraction of sp³-hybridized carbons (Fsp3) is 0.571. The Morgan fingerprint density at radius 2 is 2.00 bits per heavy atom. The van der Waals surface area contributed by atoms with E-state index in [1.807, 2.05) is 0 Å². The molecule has 0 bridgehead atoms. The van der Waals surface area contributed by atoms with Crippen molar-refractivity contribution < 1.29 is 0 Å². The van der Waals surface area contributed by atoms with Gasteiger partial charge in [-0.2, -0.15) is 0 Å². The van der Waals surface area contributed by atoms with Crippen molar-refractivity contribution in [3.05, 3.63) is 29.3 Å². The molecule has 0 aromatic heterocycles. The van der Waals surface area contributed by atoms with E-state index < -0.39 is 0 Å². The minimum Gasteiger partial charge on any atom is -0.382 e. The predicted molar refractivity (Wildman–Crippen MR) is 69.6 cm³/mol. The van der Waals surface area contributed by atoms with Crippen LogP contribution in [0.3, 0.4) is 0 Å². The molecule has 1 aromatic rings. The van der Waals surface area contributed by atoms with E-state index in [-0.39, 0.29) is 0 Å². The molecule has 0 spiro atoms. The lowest BCUT2D eigenvalue weighted by atomic mass is 9.95. The van der Waals surface area contributed by atoms with Gasteiger partial charge in [0.05, 0.1) is 0 Å². The normalized spacial score (nSPS) is 17.4. The summed E-state index contributed by atoms with van der Waals surface area (Å²) in [6.07, 6.45) is 6.73. The summed E-state index contributed by atoms with van der Waals surface area (Å²) in [5, 5.41) is 3.65. The quantitative estimate of drug-likeness (QED) is 0.817. The molecule has 0 saturated heterocycles. The van der Waals surface area contributed by atoms with E-state index in [0.29, 0.717) is 12.6 Å². The van der Waals surface area contributed by atoms with Crippen molar-refractivity contribution in [1.82, 2.24) is 0 Å². The lowest BCUT2D eigenvalue weighted by Gasteiger charge is -2.25. The molecule has 3 N–H and O–H groups in total. The Morgan fingerprint density at radius 1 is 1.25 bits per heavy atom. The molecule has 1 fully saturated rings. The third kappa shape index (κ3) is 2.76. The maximum absolute atomic E-state index is 5.78. The van der Waals surface area contributed by atoms with Crippen LogP contribution in [0.25, 0.3) is 0 Å². The summed E-state index contributed by atoms with van der Waals surface area (Å²) in [5.74, 6) is 0. The van der Waals surface area contributed by atoms with Crippen molar-refractivity contribution >= 4 is 5.69 Å². The zero-order valence-corrected chi connectivity index (χ0v) is 10.1. The highest BCUT2D eigenvalue weighted by atomic mass is 14.9. The number of aryl methyl sites for hydroxylation is 1. The van der Waals surface area contributed by atoms with Crippen LogP contribution >= 0.6 is 0 Å².